The molecule has 0 aliphatic carbocycles. The fourth-order valence-corrected chi connectivity index (χ4v) is 2.45. The summed E-state index contributed by atoms with van der Waals surface area (Å²) >= 11 is 1.34. The van der Waals surface area contributed by atoms with E-state index >= 15 is 0 Å². The number of carbonyl (C=O) groups excluding carboxylic acids is 1. The minimum atomic E-state index is -0.239. The molecule has 19 heavy (non-hydrogen) atoms. The molecule has 3 rings (SSSR count). The maximum absolute atomic E-state index is 12.2. The van der Waals surface area contributed by atoms with E-state index in [1.165, 1.54) is 11.3 Å². The van der Waals surface area contributed by atoms with E-state index in [0.29, 0.717) is 23.1 Å². The topological polar surface area (TPSA) is 76.1 Å². The average molecular weight is 276 g/mol. The van der Waals surface area contributed by atoms with Crippen LogP contribution in [0, 0.1) is 6.92 Å². The van der Waals surface area contributed by atoms with Crippen molar-refractivity contribution in [2.24, 2.45) is 0 Å². The molecule has 7 heteroatoms. The summed E-state index contributed by atoms with van der Waals surface area (Å²) in [6, 6.07) is 5.44. The van der Waals surface area contributed by atoms with Crippen molar-refractivity contribution in [3.8, 4) is 5.75 Å². The van der Waals surface area contributed by atoms with Gasteiger partial charge in [-0.05, 0) is 19.1 Å². The Kier molecular flexibility index (Phi) is 3.04. The fourth-order valence-electron chi connectivity index (χ4n) is 1.86. The highest BCUT2D eigenvalue weighted by molar-refractivity contribution is 7.15. The number of amides is 1. The van der Waals surface area contributed by atoms with Gasteiger partial charge in [0.2, 0.25) is 5.13 Å². The summed E-state index contributed by atoms with van der Waals surface area (Å²) < 4.78 is 5.56. The van der Waals surface area contributed by atoms with Gasteiger partial charge < -0.3 is 10.1 Å². The van der Waals surface area contributed by atoms with Crippen LogP contribution in [0.2, 0.25) is 0 Å². The Balaban J connectivity index is 1.87. The van der Waals surface area contributed by atoms with E-state index in [4.69, 9.17) is 4.74 Å². The molecule has 1 amide bonds. The van der Waals surface area contributed by atoms with E-state index in [1.807, 2.05) is 19.1 Å². The summed E-state index contributed by atoms with van der Waals surface area (Å²) in [5.41, 5.74) is 1.34. The number of rotatable bonds is 2. The number of anilines is 2. The molecule has 0 radical (unpaired) electrons. The van der Waals surface area contributed by atoms with Gasteiger partial charge in [0.1, 0.15) is 11.6 Å². The Morgan fingerprint density at radius 1 is 1.47 bits per heavy atom. The molecule has 0 spiro atoms. The summed E-state index contributed by atoms with van der Waals surface area (Å²) in [5, 5.41) is 15.0. The molecule has 0 bridgehead atoms. The van der Waals surface area contributed by atoms with Gasteiger partial charge in [0.05, 0.1) is 11.3 Å². The average Bonchev–Trinajstić information content (AvgIpc) is 2.83. The minimum Gasteiger partial charge on any atom is -0.489 e. The lowest BCUT2D eigenvalue weighted by Crippen LogP contribution is -2.21. The number of fused-ring (bicyclic) bond motifs is 1. The molecule has 0 atom stereocenters. The Labute approximate surface area is 113 Å². The smallest absolute Gasteiger partial charge is 0.261 e. The van der Waals surface area contributed by atoms with Gasteiger partial charge in [-0.2, -0.15) is 0 Å². The van der Waals surface area contributed by atoms with Gasteiger partial charge in [0.25, 0.3) is 5.91 Å². The van der Waals surface area contributed by atoms with Gasteiger partial charge >= 0.3 is 0 Å². The number of nitrogens with one attached hydrogen (secondary N) is 2. The van der Waals surface area contributed by atoms with Crippen LogP contribution in [0.4, 0.5) is 10.8 Å². The van der Waals surface area contributed by atoms with E-state index < -0.39 is 0 Å². The van der Waals surface area contributed by atoms with Crippen LogP contribution in [-0.2, 0) is 0 Å². The molecular formula is C12H12N4O2S. The highest BCUT2D eigenvalue weighted by Gasteiger charge is 2.19. The monoisotopic (exact) mass is 276 g/mol. The normalized spacial score (nSPS) is 13.1. The Morgan fingerprint density at radius 2 is 2.37 bits per heavy atom. The predicted molar refractivity (Wildman–Crippen MR) is 73.0 cm³/mol. The molecule has 1 aliphatic heterocycles. The molecule has 98 valence electrons. The molecule has 0 saturated heterocycles. The third-order valence-corrected chi connectivity index (χ3v) is 3.42. The lowest BCUT2D eigenvalue weighted by atomic mass is 10.1. The van der Waals surface area contributed by atoms with Crippen molar-refractivity contribution < 1.29 is 9.53 Å². The Morgan fingerprint density at radius 3 is 3.16 bits per heavy atom. The van der Waals surface area contributed by atoms with Crippen molar-refractivity contribution in [1.29, 1.82) is 0 Å². The third kappa shape index (κ3) is 2.37. The molecule has 1 aromatic heterocycles. The summed E-state index contributed by atoms with van der Waals surface area (Å²) in [4.78, 5) is 12.2. The summed E-state index contributed by atoms with van der Waals surface area (Å²) in [5.74, 6) is 0.351. The maximum atomic E-state index is 12.2. The number of para-hydroxylation sites is 1. The van der Waals surface area contributed by atoms with Crippen molar-refractivity contribution in [2.45, 2.75) is 6.92 Å². The van der Waals surface area contributed by atoms with E-state index in [-0.39, 0.29) is 5.91 Å². The molecule has 2 aromatic rings. The summed E-state index contributed by atoms with van der Waals surface area (Å²) in [6.45, 7) is 3.13. The van der Waals surface area contributed by atoms with Crippen LogP contribution in [0.1, 0.15) is 15.4 Å². The first-order valence-electron chi connectivity index (χ1n) is 5.85. The molecule has 0 unspecified atom stereocenters. The first kappa shape index (κ1) is 11.9. The number of nitrogens with zero attached hydrogens (tertiary/aromatic N) is 2. The standard InChI is InChI=1S/C12H12N4O2S/c1-7-15-16-12(19-7)14-11(17)8-3-2-4-9-10(8)18-6-5-13-9/h2-4,13H,5-6H2,1H3,(H,14,16,17). The number of ether oxygens (including phenoxy) is 1. The van der Waals surface area contributed by atoms with E-state index in [0.717, 1.165) is 17.2 Å². The number of aromatic nitrogens is 2. The zero-order valence-electron chi connectivity index (χ0n) is 10.3. The van der Waals surface area contributed by atoms with Crippen LogP contribution < -0.4 is 15.4 Å². The second-order valence-corrected chi connectivity index (χ2v) is 5.22. The van der Waals surface area contributed by atoms with Gasteiger partial charge in [-0.25, -0.2) is 0 Å². The first-order chi connectivity index (χ1) is 9.24. The summed E-state index contributed by atoms with van der Waals surface area (Å²) in [7, 11) is 0. The fraction of sp³-hybridized carbons (Fsp3) is 0.250. The van der Waals surface area contributed by atoms with E-state index in [9.17, 15) is 4.79 Å². The van der Waals surface area contributed by atoms with Crippen LogP contribution in [0.3, 0.4) is 0 Å². The highest BCUT2D eigenvalue weighted by atomic mass is 32.1. The Bertz CT molecular complexity index is 626. The number of hydrogen-bond donors (Lipinski definition) is 2. The molecule has 2 heterocycles. The van der Waals surface area contributed by atoms with Crippen molar-refractivity contribution in [3.63, 3.8) is 0 Å². The largest absolute Gasteiger partial charge is 0.489 e. The van der Waals surface area contributed by atoms with Crippen LogP contribution in [-0.4, -0.2) is 29.3 Å². The van der Waals surface area contributed by atoms with Gasteiger partial charge in [-0.15, -0.1) is 10.2 Å². The van der Waals surface area contributed by atoms with Crippen LogP contribution in [0.15, 0.2) is 18.2 Å². The maximum Gasteiger partial charge on any atom is 0.261 e. The van der Waals surface area contributed by atoms with Gasteiger partial charge in [-0.1, -0.05) is 17.4 Å². The Hall–Kier alpha value is -2.15. The first-order valence-corrected chi connectivity index (χ1v) is 6.67. The predicted octanol–water partition coefficient (Wildman–Crippen LogP) is 1.90. The molecule has 0 saturated carbocycles. The van der Waals surface area contributed by atoms with E-state index in [2.05, 4.69) is 20.8 Å². The second-order valence-electron chi connectivity index (χ2n) is 4.04. The van der Waals surface area contributed by atoms with Crippen LogP contribution in [0.5, 0.6) is 5.75 Å². The number of hydrogen-bond acceptors (Lipinski definition) is 6. The zero-order chi connectivity index (χ0) is 13.2. The number of benzene rings is 1. The van der Waals surface area contributed by atoms with Crippen molar-refractivity contribution in [2.75, 3.05) is 23.8 Å². The van der Waals surface area contributed by atoms with Gasteiger partial charge in [-0.3, -0.25) is 10.1 Å². The van der Waals surface area contributed by atoms with Crippen molar-refractivity contribution in [3.05, 3.63) is 28.8 Å². The number of carbonyl (C=O) groups is 1. The second kappa shape index (κ2) is 4.85. The minimum absolute atomic E-state index is 0.239. The highest BCUT2D eigenvalue weighted by Crippen LogP contribution is 2.31. The zero-order valence-corrected chi connectivity index (χ0v) is 11.1. The molecule has 1 aliphatic rings. The van der Waals surface area contributed by atoms with Gasteiger partial charge in [0.15, 0.2) is 5.75 Å². The van der Waals surface area contributed by atoms with Crippen LogP contribution in [0.25, 0.3) is 0 Å². The van der Waals surface area contributed by atoms with Crippen LogP contribution >= 0.6 is 11.3 Å². The third-order valence-electron chi connectivity index (χ3n) is 2.67. The molecule has 1 aromatic carbocycles. The van der Waals surface area contributed by atoms with Crippen molar-refractivity contribution in [1.82, 2.24) is 10.2 Å². The number of aryl methyl sites for hydroxylation is 1. The molecule has 0 fully saturated rings. The van der Waals surface area contributed by atoms with Crippen molar-refractivity contribution >= 4 is 28.1 Å². The van der Waals surface area contributed by atoms with E-state index in [1.54, 1.807) is 6.07 Å². The lowest BCUT2D eigenvalue weighted by molar-refractivity contribution is 0.102. The molecular weight excluding hydrogens is 264 g/mol. The molecule has 6 nitrogen and oxygen atoms in total. The molecule has 2 N–H and O–H groups in total. The lowest BCUT2D eigenvalue weighted by Gasteiger charge is -2.21. The quantitative estimate of drug-likeness (QED) is 0.876. The summed E-state index contributed by atoms with van der Waals surface area (Å²) in [6.07, 6.45) is 0. The van der Waals surface area contributed by atoms with Gasteiger partial charge in [0, 0.05) is 6.54 Å². The SMILES string of the molecule is Cc1nnc(NC(=O)c2cccc3c2OCCN3)s1.